The van der Waals surface area contributed by atoms with Crippen molar-refractivity contribution in [2.45, 2.75) is 24.3 Å². The zero-order chi connectivity index (χ0) is 12.5. The van der Waals surface area contributed by atoms with E-state index in [1.165, 1.54) is 12.1 Å². The molecular weight excluding hydrogens is 260 g/mol. The minimum absolute atomic E-state index is 0.154. The van der Waals surface area contributed by atoms with Crippen LogP contribution in [-0.4, -0.2) is 30.2 Å². The molecule has 2 rings (SSSR count). The molecule has 0 N–H and O–H groups in total. The Hall–Kier alpha value is -0.720. The van der Waals surface area contributed by atoms with Gasteiger partial charge in [-0.15, -0.1) is 0 Å². The summed E-state index contributed by atoms with van der Waals surface area (Å²) < 4.78 is 40.0. The zero-order valence-corrected chi connectivity index (χ0v) is 11.1. The molecule has 0 unspecified atom stereocenters. The summed E-state index contributed by atoms with van der Waals surface area (Å²) in [6.07, 6.45) is 0.0969. The molecule has 0 amide bonds. The lowest BCUT2D eigenvalue weighted by Crippen LogP contribution is -2.18. The number of hydrogen-bond acceptors (Lipinski definition) is 4. The summed E-state index contributed by atoms with van der Waals surface area (Å²) in [5.74, 6) is 0.833. The van der Waals surface area contributed by atoms with E-state index in [2.05, 4.69) is 0 Å². The first-order valence-corrected chi connectivity index (χ1v) is 8.22. The van der Waals surface area contributed by atoms with Gasteiger partial charge in [-0.2, -0.15) is 8.42 Å². The lowest BCUT2D eigenvalue weighted by Gasteiger charge is -2.10. The highest BCUT2D eigenvalue weighted by molar-refractivity contribution is 7.87. The van der Waals surface area contributed by atoms with Crippen molar-refractivity contribution in [3.05, 3.63) is 29.8 Å². The fourth-order valence-corrected chi connectivity index (χ4v) is 4.18. The van der Waals surface area contributed by atoms with E-state index in [4.69, 9.17) is 4.18 Å². The van der Waals surface area contributed by atoms with Crippen LogP contribution < -0.4 is 0 Å². The summed E-state index contributed by atoms with van der Waals surface area (Å²) in [4.78, 5) is 0.154. The molecule has 1 aromatic rings. The minimum atomic E-state index is -3.72. The van der Waals surface area contributed by atoms with Crippen molar-refractivity contribution in [3.63, 3.8) is 0 Å². The van der Waals surface area contributed by atoms with Gasteiger partial charge in [0.05, 0.1) is 16.8 Å². The van der Waals surface area contributed by atoms with Crippen molar-refractivity contribution in [2.75, 3.05) is 11.5 Å². The van der Waals surface area contributed by atoms with Crippen molar-refractivity contribution in [1.29, 1.82) is 0 Å². The SMILES string of the molecule is Cc1ccc(S(=O)(=O)O[C@@H]2CC[S@](=O)C2)cc1. The third-order valence-electron chi connectivity index (χ3n) is 2.61. The summed E-state index contributed by atoms with van der Waals surface area (Å²) in [6.45, 7) is 1.89. The highest BCUT2D eigenvalue weighted by Gasteiger charge is 2.28. The van der Waals surface area contributed by atoms with Crippen molar-refractivity contribution < 1.29 is 16.8 Å². The van der Waals surface area contributed by atoms with Gasteiger partial charge in [-0.3, -0.25) is 8.39 Å². The Labute approximate surface area is 104 Å². The molecule has 1 aliphatic rings. The van der Waals surface area contributed by atoms with E-state index in [-0.39, 0.29) is 4.90 Å². The number of benzene rings is 1. The predicted octanol–water partition coefficient (Wildman–Crippen LogP) is 1.22. The fraction of sp³-hybridized carbons (Fsp3) is 0.455. The highest BCUT2D eigenvalue weighted by Crippen LogP contribution is 2.19. The molecule has 0 aliphatic carbocycles. The molecule has 17 heavy (non-hydrogen) atoms. The van der Waals surface area contributed by atoms with Gasteiger partial charge in [-0.25, -0.2) is 0 Å². The van der Waals surface area contributed by atoms with Crippen LogP contribution in [0.4, 0.5) is 0 Å². The molecule has 1 aliphatic heterocycles. The molecule has 0 saturated carbocycles. The Morgan fingerprint density at radius 1 is 1.29 bits per heavy atom. The van der Waals surface area contributed by atoms with Gasteiger partial charge in [0, 0.05) is 16.6 Å². The van der Waals surface area contributed by atoms with Crippen LogP contribution in [0.25, 0.3) is 0 Å². The molecule has 4 nitrogen and oxygen atoms in total. The monoisotopic (exact) mass is 274 g/mol. The maximum atomic E-state index is 11.9. The van der Waals surface area contributed by atoms with E-state index in [1.54, 1.807) is 12.1 Å². The van der Waals surface area contributed by atoms with Crippen LogP contribution in [0.5, 0.6) is 0 Å². The number of rotatable bonds is 3. The standard InChI is InChI=1S/C11H14O4S2/c1-9-2-4-11(5-3-9)17(13,14)15-10-6-7-16(12)8-10/h2-5,10H,6-8H2,1H3/t10-,16+/m1/s1. The molecule has 1 fully saturated rings. The molecule has 1 saturated heterocycles. The number of hydrogen-bond donors (Lipinski definition) is 0. The van der Waals surface area contributed by atoms with Gasteiger partial charge in [0.1, 0.15) is 0 Å². The second-order valence-corrected chi connectivity index (χ2v) is 7.28. The largest absolute Gasteiger partial charge is 0.297 e. The quantitative estimate of drug-likeness (QED) is 0.778. The predicted molar refractivity (Wildman–Crippen MR) is 65.7 cm³/mol. The van der Waals surface area contributed by atoms with Gasteiger partial charge < -0.3 is 0 Å². The molecule has 1 aromatic carbocycles. The average Bonchev–Trinajstić information content (AvgIpc) is 2.63. The molecule has 0 radical (unpaired) electrons. The third-order valence-corrected chi connectivity index (χ3v) is 5.42. The lowest BCUT2D eigenvalue weighted by atomic mass is 10.2. The Morgan fingerprint density at radius 2 is 1.94 bits per heavy atom. The van der Waals surface area contributed by atoms with Crippen LogP contribution in [0.1, 0.15) is 12.0 Å². The smallest absolute Gasteiger partial charge is 0.262 e. The molecule has 0 bridgehead atoms. The summed E-state index contributed by atoms with van der Waals surface area (Å²) in [7, 11) is -4.66. The van der Waals surface area contributed by atoms with E-state index in [0.717, 1.165) is 5.56 Å². The van der Waals surface area contributed by atoms with Crippen LogP contribution in [0.2, 0.25) is 0 Å². The lowest BCUT2D eigenvalue weighted by molar-refractivity contribution is 0.236. The Kier molecular flexibility index (Phi) is 3.65. The fourth-order valence-electron chi connectivity index (χ4n) is 1.65. The summed E-state index contributed by atoms with van der Waals surface area (Å²) in [5, 5.41) is 0. The van der Waals surface area contributed by atoms with Crippen LogP contribution in [-0.2, 0) is 25.1 Å². The molecule has 6 heteroatoms. The van der Waals surface area contributed by atoms with Crippen LogP contribution >= 0.6 is 0 Å². The average molecular weight is 274 g/mol. The maximum Gasteiger partial charge on any atom is 0.297 e. The van der Waals surface area contributed by atoms with Gasteiger partial charge >= 0.3 is 0 Å². The van der Waals surface area contributed by atoms with E-state index in [9.17, 15) is 12.6 Å². The van der Waals surface area contributed by atoms with Crippen molar-refractivity contribution in [2.24, 2.45) is 0 Å². The summed E-state index contributed by atoms with van der Waals surface area (Å²) >= 11 is 0. The van der Waals surface area contributed by atoms with Gasteiger partial charge in [-0.05, 0) is 25.5 Å². The first-order chi connectivity index (χ1) is 7.97. The Bertz CT molecular complexity index is 519. The molecule has 2 atom stereocenters. The minimum Gasteiger partial charge on any atom is -0.262 e. The van der Waals surface area contributed by atoms with E-state index < -0.39 is 27.0 Å². The summed E-state index contributed by atoms with van der Waals surface area (Å²) in [6, 6.07) is 6.50. The van der Waals surface area contributed by atoms with Crippen molar-refractivity contribution in [3.8, 4) is 0 Å². The van der Waals surface area contributed by atoms with Gasteiger partial charge in [0.25, 0.3) is 10.1 Å². The first-order valence-electron chi connectivity index (χ1n) is 5.32. The van der Waals surface area contributed by atoms with Gasteiger partial charge in [0.15, 0.2) is 0 Å². The van der Waals surface area contributed by atoms with E-state index in [0.29, 0.717) is 17.9 Å². The van der Waals surface area contributed by atoms with E-state index in [1.807, 2.05) is 6.92 Å². The van der Waals surface area contributed by atoms with Crippen LogP contribution in [0, 0.1) is 6.92 Å². The normalized spacial score (nSPS) is 25.0. The maximum absolute atomic E-state index is 11.9. The summed E-state index contributed by atoms with van der Waals surface area (Å²) in [5.41, 5.74) is 0.992. The zero-order valence-electron chi connectivity index (χ0n) is 9.46. The topological polar surface area (TPSA) is 60.4 Å². The molecule has 0 spiro atoms. The molecule has 0 aromatic heterocycles. The Balaban J connectivity index is 2.14. The second kappa shape index (κ2) is 4.88. The molecule has 94 valence electrons. The number of aryl methyl sites for hydroxylation is 1. The van der Waals surface area contributed by atoms with E-state index >= 15 is 0 Å². The van der Waals surface area contributed by atoms with Crippen LogP contribution in [0.15, 0.2) is 29.2 Å². The highest BCUT2D eigenvalue weighted by atomic mass is 32.2. The second-order valence-electron chi connectivity index (χ2n) is 4.08. The van der Waals surface area contributed by atoms with Gasteiger partial charge in [0.2, 0.25) is 0 Å². The third kappa shape index (κ3) is 3.14. The molecule has 1 heterocycles. The van der Waals surface area contributed by atoms with Crippen LogP contribution in [0.3, 0.4) is 0 Å². The van der Waals surface area contributed by atoms with Crippen molar-refractivity contribution in [1.82, 2.24) is 0 Å². The van der Waals surface area contributed by atoms with Gasteiger partial charge in [-0.1, -0.05) is 17.7 Å². The molecular formula is C11H14O4S2. The first kappa shape index (κ1) is 12.7. The Morgan fingerprint density at radius 3 is 2.47 bits per heavy atom. The van der Waals surface area contributed by atoms with Crippen molar-refractivity contribution >= 4 is 20.9 Å².